The van der Waals surface area contributed by atoms with Crippen molar-refractivity contribution in [1.29, 1.82) is 0 Å². The fourth-order valence-electron chi connectivity index (χ4n) is 3.22. The zero-order chi connectivity index (χ0) is 24.0. The summed E-state index contributed by atoms with van der Waals surface area (Å²) in [6.45, 7) is 3.99. The lowest BCUT2D eigenvalue weighted by atomic mass is 9.91. The highest BCUT2D eigenvalue weighted by molar-refractivity contribution is 7.90. The molecule has 1 aromatic rings. The van der Waals surface area contributed by atoms with E-state index in [0.29, 0.717) is 29.2 Å². The first-order chi connectivity index (χ1) is 14.9. The van der Waals surface area contributed by atoms with Gasteiger partial charge < -0.3 is 5.11 Å². The molecule has 0 radical (unpaired) electrons. The van der Waals surface area contributed by atoms with E-state index in [4.69, 9.17) is 0 Å². The predicted octanol–water partition coefficient (Wildman–Crippen LogP) is 2.17. The van der Waals surface area contributed by atoms with E-state index in [1.807, 2.05) is 0 Å². The number of carbonyl (C=O) groups is 3. The molecule has 10 heteroatoms. The van der Waals surface area contributed by atoms with Crippen LogP contribution in [0.25, 0.3) is 0 Å². The van der Waals surface area contributed by atoms with Gasteiger partial charge in [-0.1, -0.05) is 57.5 Å². The third-order valence-electron chi connectivity index (χ3n) is 5.39. The van der Waals surface area contributed by atoms with Gasteiger partial charge in [0.2, 0.25) is 6.41 Å². The Hall–Kier alpha value is -2.59. The van der Waals surface area contributed by atoms with Crippen molar-refractivity contribution in [1.82, 2.24) is 9.31 Å². The number of rotatable bonds is 10. The van der Waals surface area contributed by atoms with E-state index in [2.05, 4.69) is 5.10 Å². The molecule has 1 saturated carbocycles. The molecule has 1 aromatic carbocycles. The van der Waals surface area contributed by atoms with Crippen LogP contribution in [0, 0.1) is 5.41 Å². The number of amides is 1. The van der Waals surface area contributed by atoms with E-state index in [9.17, 15) is 27.9 Å². The molecular formula is C22H31N3O6S. The number of ketones is 2. The van der Waals surface area contributed by atoms with Gasteiger partial charge >= 0.3 is 0 Å². The fraction of sp³-hybridized carbons (Fsp3) is 0.545. The largest absolute Gasteiger partial charge is 0.373 e. The normalized spacial score (nSPS) is 16.5. The number of nitrogens with zero attached hydrogens (tertiary/aromatic N) is 3. The molecule has 2 rings (SSSR count). The number of hydrazone groups is 1. The van der Waals surface area contributed by atoms with Crippen LogP contribution in [0.2, 0.25) is 0 Å². The Morgan fingerprint density at radius 1 is 1.09 bits per heavy atom. The molecule has 0 atom stereocenters. The van der Waals surface area contributed by atoms with Crippen molar-refractivity contribution in [2.45, 2.75) is 57.8 Å². The third kappa shape index (κ3) is 6.23. The molecule has 1 amide bonds. The smallest absolute Gasteiger partial charge is 0.280 e. The number of hydrogen-bond donors (Lipinski definition) is 1. The minimum absolute atomic E-state index is 0.0367. The van der Waals surface area contributed by atoms with Crippen molar-refractivity contribution in [3.05, 3.63) is 35.9 Å². The van der Waals surface area contributed by atoms with Crippen molar-refractivity contribution >= 4 is 34.3 Å². The van der Waals surface area contributed by atoms with Gasteiger partial charge in [0.25, 0.3) is 10.0 Å². The highest BCUT2D eigenvalue weighted by atomic mass is 32.2. The Bertz CT molecular complexity index is 948. The first-order valence-corrected chi connectivity index (χ1v) is 12.0. The van der Waals surface area contributed by atoms with Gasteiger partial charge in [0, 0.05) is 11.0 Å². The average molecular weight is 466 g/mol. The van der Waals surface area contributed by atoms with Gasteiger partial charge in [0.15, 0.2) is 16.5 Å². The fourth-order valence-corrected chi connectivity index (χ4v) is 4.87. The molecule has 1 fully saturated rings. The second-order valence-electron chi connectivity index (χ2n) is 8.96. The summed E-state index contributed by atoms with van der Waals surface area (Å²) in [6.07, 6.45) is 3.19. The van der Waals surface area contributed by atoms with Crippen LogP contribution in [-0.4, -0.2) is 65.2 Å². The Kier molecular flexibility index (Phi) is 8.30. The van der Waals surface area contributed by atoms with Crippen LogP contribution in [0.4, 0.5) is 0 Å². The summed E-state index contributed by atoms with van der Waals surface area (Å²) in [6, 6.07) is 8.31. The zero-order valence-corrected chi connectivity index (χ0v) is 19.5. The lowest BCUT2D eigenvalue weighted by Gasteiger charge is -2.35. The van der Waals surface area contributed by atoms with Crippen LogP contribution in [0.15, 0.2) is 35.4 Å². The number of Topliss-reactive ketones (excluding diaryl/α,β-unsaturated/α-hetero) is 2. The van der Waals surface area contributed by atoms with E-state index in [1.54, 1.807) is 51.1 Å². The molecule has 1 N–H and O–H groups in total. The van der Waals surface area contributed by atoms with Gasteiger partial charge in [-0.05, 0) is 25.7 Å². The van der Waals surface area contributed by atoms with E-state index in [-0.39, 0.29) is 25.2 Å². The summed E-state index contributed by atoms with van der Waals surface area (Å²) >= 11 is 0. The van der Waals surface area contributed by atoms with Crippen LogP contribution in [0.5, 0.6) is 0 Å². The van der Waals surface area contributed by atoms with Gasteiger partial charge in [-0.2, -0.15) is 9.52 Å². The number of carbonyl (C=O) groups excluding carboxylic acids is 3. The Balaban J connectivity index is 2.29. The molecule has 176 valence electrons. The van der Waals surface area contributed by atoms with Crippen molar-refractivity contribution in [3.8, 4) is 0 Å². The molecule has 32 heavy (non-hydrogen) atoms. The van der Waals surface area contributed by atoms with Gasteiger partial charge in [-0.25, -0.2) is 8.42 Å². The van der Waals surface area contributed by atoms with Gasteiger partial charge in [0.1, 0.15) is 12.9 Å². The van der Waals surface area contributed by atoms with Gasteiger partial charge in [0.05, 0.1) is 6.54 Å². The summed E-state index contributed by atoms with van der Waals surface area (Å²) in [4.78, 5) is 35.3. The highest BCUT2D eigenvalue weighted by Crippen LogP contribution is 2.35. The molecule has 0 unspecified atom stereocenters. The lowest BCUT2D eigenvalue weighted by Crippen LogP contribution is -2.50. The molecule has 0 spiro atoms. The second-order valence-corrected chi connectivity index (χ2v) is 11.1. The molecule has 0 saturated heterocycles. The van der Waals surface area contributed by atoms with E-state index < -0.39 is 32.7 Å². The summed E-state index contributed by atoms with van der Waals surface area (Å²) in [5, 5.41) is 14.7. The molecule has 1 aliphatic rings. The van der Waals surface area contributed by atoms with Crippen LogP contribution in [0.1, 0.15) is 63.2 Å². The van der Waals surface area contributed by atoms with Crippen molar-refractivity contribution in [3.63, 3.8) is 0 Å². The summed E-state index contributed by atoms with van der Waals surface area (Å²) in [7, 11) is -4.42. The van der Waals surface area contributed by atoms with Crippen LogP contribution in [0.3, 0.4) is 0 Å². The molecular weight excluding hydrogens is 434 g/mol. The quantitative estimate of drug-likeness (QED) is 0.186. The van der Waals surface area contributed by atoms with Gasteiger partial charge in [-0.3, -0.25) is 19.3 Å². The summed E-state index contributed by atoms with van der Waals surface area (Å²) in [5.74, 6) is -0.772. The second kappa shape index (κ2) is 10.4. The van der Waals surface area contributed by atoms with E-state index >= 15 is 0 Å². The lowest BCUT2D eigenvalue weighted by molar-refractivity contribution is -0.126. The standard InChI is InChI=1S/C22H31N3O6S/c1-21(2,3)20(28)15-25(32(30,31)22(29)12-8-5-9-13-22)23-16-24(17-26)14-19(27)18-10-6-4-7-11-18/h4,6-7,10-11,16-17,29H,5,8-9,12-15H2,1-3H3/b23-16+. The average Bonchev–Trinajstić information content (AvgIpc) is 2.75. The zero-order valence-electron chi connectivity index (χ0n) is 18.7. The molecule has 1 aliphatic carbocycles. The monoisotopic (exact) mass is 465 g/mol. The highest BCUT2D eigenvalue weighted by Gasteiger charge is 2.47. The predicted molar refractivity (Wildman–Crippen MR) is 120 cm³/mol. The van der Waals surface area contributed by atoms with Crippen molar-refractivity contribution in [2.75, 3.05) is 13.1 Å². The topological polar surface area (TPSA) is 124 Å². The maximum Gasteiger partial charge on any atom is 0.280 e. The Morgan fingerprint density at radius 2 is 1.69 bits per heavy atom. The van der Waals surface area contributed by atoms with E-state index in [1.165, 1.54) is 0 Å². The van der Waals surface area contributed by atoms with E-state index in [0.717, 1.165) is 17.7 Å². The van der Waals surface area contributed by atoms with Gasteiger partial charge in [-0.15, -0.1) is 0 Å². The van der Waals surface area contributed by atoms with Crippen LogP contribution in [-0.2, 0) is 19.6 Å². The Morgan fingerprint density at radius 3 is 2.22 bits per heavy atom. The number of sulfonamides is 1. The van der Waals surface area contributed by atoms with Crippen LogP contribution >= 0.6 is 0 Å². The minimum atomic E-state index is -4.42. The van der Waals surface area contributed by atoms with Crippen molar-refractivity contribution in [2.24, 2.45) is 10.5 Å². The summed E-state index contributed by atoms with van der Waals surface area (Å²) in [5.41, 5.74) is -0.455. The number of aliphatic hydroxyl groups is 1. The maximum atomic E-state index is 13.3. The summed E-state index contributed by atoms with van der Waals surface area (Å²) < 4.78 is 27.1. The molecule has 0 aliphatic heterocycles. The Labute approximate surface area is 189 Å². The molecule has 0 bridgehead atoms. The number of hydrogen-bond acceptors (Lipinski definition) is 7. The maximum absolute atomic E-state index is 13.3. The number of benzene rings is 1. The molecule has 0 aromatic heterocycles. The minimum Gasteiger partial charge on any atom is -0.373 e. The molecule has 9 nitrogen and oxygen atoms in total. The van der Waals surface area contributed by atoms with Crippen LogP contribution < -0.4 is 0 Å². The third-order valence-corrected chi connectivity index (χ3v) is 7.54. The molecule has 0 heterocycles. The first kappa shape index (κ1) is 25.7. The van der Waals surface area contributed by atoms with Crippen molar-refractivity contribution < 1.29 is 27.9 Å². The SMILES string of the molecule is CC(C)(C)C(=O)CN(/N=C/N(C=O)CC(=O)c1ccccc1)S(=O)(=O)C1(O)CCCCC1. The first-order valence-electron chi connectivity index (χ1n) is 10.5.